The molecule has 1 rings (SSSR count). The van der Waals surface area contributed by atoms with Crippen LogP contribution in [0.2, 0.25) is 0 Å². The fourth-order valence-corrected chi connectivity index (χ4v) is 1.64. The third-order valence-electron chi connectivity index (χ3n) is 2.60. The standard InChI is InChI=1S/C10H16N4O5/c11-7(15)2-1-6(9(17)18)14-10(19)13-5-3-8(16)12-4-5/h5-6H,1-4H2,(H2,11,15)(H,12,16)(H,17,18)(H2,13,14,19). The third-order valence-corrected chi connectivity index (χ3v) is 2.60. The summed E-state index contributed by atoms with van der Waals surface area (Å²) in [6.07, 6.45) is -0.0624. The van der Waals surface area contributed by atoms with E-state index < -0.39 is 23.9 Å². The minimum absolute atomic E-state index is 0.0834. The predicted molar refractivity (Wildman–Crippen MR) is 62.9 cm³/mol. The topological polar surface area (TPSA) is 151 Å². The van der Waals surface area contributed by atoms with E-state index in [1.807, 2.05) is 0 Å². The van der Waals surface area contributed by atoms with Gasteiger partial charge in [-0.3, -0.25) is 9.59 Å². The Kier molecular flexibility index (Phi) is 5.10. The second-order valence-electron chi connectivity index (χ2n) is 4.22. The SMILES string of the molecule is NC(=O)CCC(NC(=O)NC1CNC(=O)C1)C(=O)O. The number of primary amides is 1. The number of nitrogens with one attached hydrogen (secondary N) is 3. The van der Waals surface area contributed by atoms with E-state index in [1.165, 1.54) is 0 Å². The van der Waals surface area contributed by atoms with Crippen LogP contribution in [0, 0.1) is 0 Å². The van der Waals surface area contributed by atoms with E-state index in [2.05, 4.69) is 16.0 Å². The van der Waals surface area contributed by atoms with Crippen molar-refractivity contribution < 1.29 is 24.3 Å². The maximum absolute atomic E-state index is 11.5. The Morgan fingerprint density at radius 1 is 1.47 bits per heavy atom. The molecule has 1 fully saturated rings. The first-order valence-electron chi connectivity index (χ1n) is 5.73. The van der Waals surface area contributed by atoms with E-state index in [4.69, 9.17) is 10.8 Å². The summed E-state index contributed by atoms with van der Waals surface area (Å²) >= 11 is 0. The van der Waals surface area contributed by atoms with E-state index in [0.29, 0.717) is 6.54 Å². The van der Waals surface area contributed by atoms with E-state index in [-0.39, 0.29) is 31.2 Å². The van der Waals surface area contributed by atoms with Crippen molar-refractivity contribution in [1.82, 2.24) is 16.0 Å². The summed E-state index contributed by atoms with van der Waals surface area (Å²) in [6, 6.07) is -2.26. The maximum atomic E-state index is 11.5. The van der Waals surface area contributed by atoms with E-state index in [0.717, 1.165) is 0 Å². The van der Waals surface area contributed by atoms with Crippen molar-refractivity contribution in [1.29, 1.82) is 0 Å². The van der Waals surface area contributed by atoms with Crippen LogP contribution in [0.15, 0.2) is 0 Å². The van der Waals surface area contributed by atoms with Gasteiger partial charge < -0.3 is 26.8 Å². The Bertz CT molecular complexity index is 397. The first-order chi connectivity index (χ1) is 8.88. The molecule has 0 bridgehead atoms. The largest absolute Gasteiger partial charge is 0.480 e. The van der Waals surface area contributed by atoms with Crippen molar-refractivity contribution in [3.8, 4) is 0 Å². The molecule has 0 aromatic rings. The molecule has 2 unspecified atom stereocenters. The molecule has 0 aliphatic carbocycles. The molecule has 1 aliphatic heterocycles. The minimum Gasteiger partial charge on any atom is -0.480 e. The summed E-state index contributed by atoms with van der Waals surface area (Å²) in [5.74, 6) is -2.06. The van der Waals surface area contributed by atoms with Crippen LogP contribution in [-0.4, -0.2) is 47.5 Å². The average Bonchev–Trinajstić information content (AvgIpc) is 2.69. The van der Waals surface area contributed by atoms with Crippen LogP contribution in [0.1, 0.15) is 19.3 Å². The van der Waals surface area contributed by atoms with Gasteiger partial charge in [-0.2, -0.15) is 0 Å². The zero-order chi connectivity index (χ0) is 14.4. The summed E-state index contributed by atoms with van der Waals surface area (Å²) in [5.41, 5.74) is 4.91. The number of rotatable bonds is 6. The number of aliphatic carboxylic acids is 1. The van der Waals surface area contributed by atoms with Crippen LogP contribution in [0.4, 0.5) is 4.79 Å². The van der Waals surface area contributed by atoms with Gasteiger partial charge in [0.1, 0.15) is 6.04 Å². The fraction of sp³-hybridized carbons (Fsp3) is 0.600. The molecular weight excluding hydrogens is 256 g/mol. The molecule has 0 spiro atoms. The lowest BCUT2D eigenvalue weighted by Gasteiger charge is -2.16. The minimum atomic E-state index is -1.25. The second-order valence-corrected chi connectivity index (χ2v) is 4.22. The van der Waals surface area contributed by atoms with Gasteiger partial charge in [0.15, 0.2) is 0 Å². The number of nitrogens with two attached hydrogens (primary N) is 1. The molecule has 9 heteroatoms. The Morgan fingerprint density at radius 3 is 2.63 bits per heavy atom. The third kappa shape index (κ3) is 5.23. The van der Waals surface area contributed by atoms with Crippen LogP contribution >= 0.6 is 0 Å². The lowest BCUT2D eigenvalue weighted by Crippen LogP contribution is -2.49. The summed E-state index contributed by atoms with van der Waals surface area (Å²) in [5, 5.41) is 16.1. The zero-order valence-electron chi connectivity index (χ0n) is 10.1. The number of hydrogen-bond donors (Lipinski definition) is 5. The van der Waals surface area contributed by atoms with Crippen molar-refractivity contribution in [2.75, 3.05) is 6.54 Å². The summed E-state index contributed by atoms with van der Waals surface area (Å²) in [4.78, 5) is 43.9. The smallest absolute Gasteiger partial charge is 0.326 e. The number of amides is 4. The van der Waals surface area contributed by atoms with Crippen LogP contribution in [0.3, 0.4) is 0 Å². The van der Waals surface area contributed by atoms with Gasteiger partial charge in [-0.1, -0.05) is 0 Å². The van der Waals surface area contributed by atoms with Gasteiger partial charge >= 0.3 is 12.0 Å². The number of hydrogen-bond acceptors (Lipinski definition) is 4. The van der Waals surface area contributed by atoms with Gasteiger partial charge in [0.05, 0.1) is 6.04 Å². The molecule has 0 saturated carbocycles. The summed E-state index contributed by atoms with van der Waals surface area (Å²) in [6.45, 7) is 0.311. The number of carboxylic acids is 1. The molecule has 9 nitrogen and oxygen atoms in total. The van der Waals surface area contributed by atoms with Gasteiger partial charge in [0.2, 0.25) is 11.8 Å². The van der Waals surface area contributed by atoms with Crippen LogP contribution < -0.4 is 21.7 Å². The predicted octanol–water partition coefficient (Wildman–Crippen LogP) is -2.11. The van der Waals surface area contributed by atoms with E-state index >= 15 is 0 Å². The fourth-order valence-electron chi connectivity index (χ4n) is 1.64. The first-order valence-corrected chi connectivity index (χ1v) is 5.73. The van der Waals surface area contributed by atoms with Gasteiger partial charge in [-0.25, -0.2) is 9.59 Å². The quantitative estimate of drug-likeness (QED) is 0.375. The van der Waals surface area contributed by atoms with Gasteiger partial charge in [0.25, 0.3) is 0 Å². The number of carboxylic acid groups (broad SMARTS) is 1. The molecule has 1 heterocycles. The van der Waals surface area contributed by atoms with E-state index in [9.17, 15) is 19.2 Å². The van der Waals surface area contributed by atoms with Crippen LogP contribution in [0.25, 0.3) is 0 Å². The highest BCUT2D eigenvalue weighted by atomic mass is 16.4. The molecule has 0 radical (unpaired) electrons. The number of carbonyl (C=O) groups excluding carboxylic acids is 3. The molecule has 106 valence electrons. The van der Waals surface area contributed by atoms with Crippen LogP contribution in [0.5, 0.6) is 0 Å². The Balaban J connectivity index is 2.40. The molecule has 1 aliphatic rings. The number of urea groups is 1. The van der Waals surface area contributed by atoms with Crippen molar-refractivity contribution in [3.05, 3.63) is 0 Å². The highest BCUT2D eigenvalue weighted by Crippen LogP contribution is 2.00. The van der Waals surface area contributed by atoms with Gasteiger partial charge in [-0.15, -0.1) is 0 Å². The summed E-state index contributed by atoms with van der Waals surface area (Å²) < 4.78 is 0. The highest BCUT2D eigenvalue weighted by Gasteiger charge is 2.25. The van der Waals surface area contributed by atoms with Crippen molar-refractivity contribution in [2.45, 2.75) is 31.3 Å². The zero-order valence-corrected chi connectivity index (χ0v) is 10.1. The Morgan fingerprint density at radius 2 is 2.16 bits per heavy atom. The molecule has 19 heavy (non-hydrogen) atoms. The van der Waals surface area contributed by atoms with Gasteiger partial charge in [-0.05, 0) is 6.42 Å². The van der Waals surface area contributed by atoms with Crippen molar-refractivity contribution >= 4 is 23.8 Å². The molecule has 4 amide bonds. The molecule has 6 N–H and O–H groups in total. The average molecular weight is 272 g/mol. The Hall–Kier alpha value is -2.32. The Labute approximate surface area is 108 Å². The molecule has 0 aromatic heterocycles. The second kappa shape index (κ2) is 6.57. The van der Waals surface area contributed by atoms with Gasteiger partial charge in [0, 0.05) is 19.4 Å². The van der Waals surface area contributed by atoms with Crippen molar-refractivity contribution in [3.63, 3.8) is 0 Å². The number of carbonyl (C=O) groups is 4. The van der Waals surface area contributed by atoms with E-state index in [1.54, 1.807) is 0 Å². The summed E-state index contributed by atoms with van der Waals surface area (Å²) in [7, 11) is 0. The molecular formula is C10H16N4O5. The van der Waals surface area contributed by atoms with Crippen molar-refractivity contribution in [2.24, 2.45) is 5.73 Å². The highest BCUT2D eigenvalue weighted by molar-refractivity contribution is 5.85. The lowest BCUT2D eigenvalue weighted by atomic mass is 10.1. The molecule has 2 atom stereocenters. The monoisotopic (exact) mass is 272 g/mol. The normalized spacial score (nSPS) is 19.4. The lowest BCUT2D eigenvalue weighted by molar-refractivity contribution is -0.139. The van der Waals surface area contributed by atoms with Crippen LogP contribution in [-0.2, 0) is 14.4 Å². The molecule has 0 aromatic carbocycles. The molecule has 1 saturated heterocycles. The maximum Gasteiger partial charge on any atom is 0.326 e. The first kappa shape index (κ1) is 14.7.